The van der Waals surface area contributed by atoms with Crippen LogP contribution >= 0.6 is 15.9 Å². The quantitative estimate of drug-likeness (QED) is 0.768. The van der Waals surface area contributed by atoms with Gasteiger partial charge in [0.25, 0.3) is 0 Å². The lowest BCUT2D eigenvalue weighted by molar-refractivity contribution is 0.0685. The number of aromatic nitrogens is 1. The van der Waals surface area contributed by atoms with Gasteiger partial charge in [-0.05, 0) is 22.0 Å². The molecule has 64 valence electrons. The largest absolute Gasteiger partial charge is 0.476 e. The summed E-state index contributed by atoms with van der Waals surface area (Å²) >= 11 is 2.91. The zero-order valence-electron chi connectivity index (χ0n) is 5.71. The van der Waals surface area contributed by atoms with Gasteiger partial charge in [-0.1, -0.05) is 0 Å². The third-order valence-corrected chi connectivity index (χ3v) is 1.79. The molecule has 0 aliphatic carbocycles. The first-order valence-corrected chi connectivity index (χ1v) is 3.66. The Kier molecular flexibility index (Phi) is 2.27. The van der Waals surface area contributed by atoms with Crippen molar-refractivity contribution in [2.24, 2.45) is 0 Å². The van der Waals surface area contributed by atoms with Crippen LogP contribution in [0.25, 0.3) is 0 Å². The van der Waals surface area contributed by atoms with Crippen molar-refractivity contribution in [3.63, 3.8) is 0 Å². The van der Waals surface area contributed by atoms with E-state index in [1.54, 1.807) is 0 Å². The molecule has 1 rings (SSSR count). The minimum absolute atomic E-state index is 0.0474. The molecule has 0 saturated carbocycles. The number of hydrogen-bond donors (Lipinski definition) is 2. The summed E-state index contributed by atoms with van der Waals surface area (Å²) < 4.78 is 13.0. The second kappa shape index (κ2) is 3.06. The van der Waals surface area contributed by atoms with Gasteiger partial charge >= 0.3 is 5.97 Å². The highest BCUT2D eigenvalue weighted by atomic mass is 79.9. The van der Waals surface area contributed by atoms with E-state index in [0.717, 1.165) is 6.07 Å². The molecule has 3 N–H and O–H groups in total. The lowest BCUT2D eigenvalue weighted by Crippen LogP contribution is -2.06. The summed E-state index contributed by atoms with van der Waals surface area (Å²) in [5, 5.41) is 8.41. The van der Waals surface area contributed by atoms with Crippen molar-refractivity contribution in [1.82, 2.24) is 4.98 Å². The van der Waals surface area contributed by atoms with Gasteiger partial charge in [0.1, 0.15) is 5.82 Å². The third kappa shape index (κ3) is 1.53. The number of nitrogens with two attached hydrogens (primary N) is 1. The van der Waals surface area contributed by atoms with E-state index in [4.69, 9.17) is 10.8 Å². The maximum atomic E-state index is 12.8. The average molecular weight is 235 g/mol. The van der Waals surface area contributed by atoms with Gasteiger partial charge in [0.2, 0.25) is 0 Å². The molecule has 0 aliphatic rings. The molecular weight excluding hydrogens is 231 g/mol. The number of nitrogen functional groups attached to an aromatic ring is 1. The summed E-state index contributed by atoms with van der Waals surface area (Å²) in [5.41, 5.74) is 4.57. The fourth-order valence-corrected chi connectivity index (χ4v) is 0.920. The Labute approximate surface area is 75.3 Å². The van der Waals surface area contributed by atoms with Gasteiger partial charge < -0.3 is 10.8 Å². The van der Waals surface area contributed by atoms with Gasteiger partial charge in [-0.2, -0.15) is 0 Å². The van der Waals surface area contributed by atoms with Crippen molar-refractivity contribution in [3.8, 4) is 0 Å². The third-order valence-electron chi connectivity index (χ3n) is 1.16. The van der Waals surface area contributed by atoms with E-state index >= 15 is 0 Å². The van der Waals surface area contributed by atoms with Crippen molar-refractivity contribution in [3.05, 3.63) is 22.1 Å². The first kappa shape index (κ1) is 8.92. The van der Waals surface area contributed by atoms with Crippen molar-refractivity contribution in [2.75, 3.05) is 5.73 Å². The number of aromatic carboxylic acids is 1. The number of anilines is 1. The molecule has 6 heteroatoms. The Hall–Kier alpha value is -1.17. The smallest absolute Gasteiger partial charge is 0.357 e. The number of rotatable bonds is 1. The Balaban J connectivity index is 3.33. The zero-order valence-corrected chi connectivity index (χ0v) is 7.30. The molecule has 1 aromatic rings. The van der Waals surface area contributed by atoms with Crippen molar-refractivity contribution in [2.45, 2.75) is 0 Å². The van der Waals surface area contributed by atoms with Gasteiger partial charge in [0.05, 0.1) is 4.47 Å². The summed E-state index contributed by atoms with van der Waals surface area (Å²) in [6.45, 7) is 0. The van der Waals surface area contributed by atoms with Crippen LogP contribution in [-0.2, 0) is 0 Å². The van der Waals surface area contributed by atoms with Crippen LogP contribution in [0.15, 0.2) is 10.5 Å². The predicted molar refractivity (Wildman–Crippen MR) is 43.3 cm³/mol. The van der Waals surface area contributed by atoms with Gasteiger partial charge in [-0.25, -0.2) is 14.2 Å². The summed E-state index contributed by atoms with van der Waals surface area (Å²) in [5.74, 6) is -2.40. The van der Waals surface area contributed by atoms with Crippen LogP contribution in [0.4, 0.5) is 10.2 Å². The fourth-order valence-electron chi connectivity index (χ4n) is 0.631. The second-order valence-corrected chi connectivity index (χ2v) is 2.85. The highest BCUT2D eigenvalue weighted by Crippen LogP contribution is 2.19. The maximum absolute atomic E-state index is 12.8. The van der Waals surface area contributed by atoms with E-state index in [1.165, 1.54) is 0 Å². The minimum Gasteiger partial charge on any atom is -0.476 e. The number of hydrogen-bond acceptors (Lipinski definition) is 3. The lowest BCUT2D eigenvalue weighted by Gasteiger charge is -1.99. The topological polar surface area (TPSA) is 76.2 Å². The normalized spacial score (nSPS) is 9.83. The maximum Gasteiger partial charge on any atom is 0.357 e. The van der Waals surface area contributed by atoms with Crippen LogP contribution in [0, 0.1) is 5.82 Å². The molecular formula is C6H4BrFN2O2. The first-order valence-electron chi connectivity index (χ1n) is 2.87. The van der Waals surface area contributed by atoms with E-state index in [9.17, 15) is 9.18 Å². The fraction of sp³-hybridized carbons (Fsp3) is 0. The zero-order chi connectivity index (χ0) is 9.30. The Morgan fingerprint density at radius 2 is 2.33 bits per heavy atom. The van der Waals surface area contributed by atoms with E-state index < -0.39 is 17.5 Å². The van der Waals surface area contributed by atoms with Crippen LogP contribution in [0.2, 0.25) is 0 Å². The molecule has 1 heterocycles. The molecule has 4 nitrogen and oxygen atoms in total. The molecule has 0 bridgehead atoms. The molecule has 0 aromatic carbocycles. The van der Waals surface area contributed by atoms with E-state index in [0.29, 0.717) is 0 Å². The lowest BCUT2D eigenvalue weighted by atomic mass is 10.3. The van der Waals surface area contributed by atoms with Gasteiger partial charge in [-0.15, -0.1) is 0 Å². The molecule has 0 aliphatic heterocycles. The summed E-state index contributed by atoms with van der Waals surface area (Å²) in [6, 6.07) is 0.964. The van der Waals surface area contributed by atoms with E-state index in [-0.39, 0.29) is 10.3 Å². The number of halogens is 2. The molecule has 0 saturated heterocycles. The molecule has 0 radical (unpaired) electrons. The first-order chi connectivity index (χ1) is 5.52. The Morgan fingerprint density at radius 1 is 1.75 bits per heavy atom. The van der Waals surface area contributed by atoms with E-state index in [2.05, 4.69) is 20.9 Å². The molecule has 0 amide bonds. The summed E-state index contributed by atoms with van der Waals surface area (Å²) in [4.78, 5) is 13.6. The Bertz CT molecular complexity index is 343. The van der Waals surface area contributed by atoms with Gasteiger partial charge in [0.15, 0.2) is 11.5 Å². The Morgan fingerprint density at radius 3 is 2.83 bits per heavy atom. The molecule has 0 fully saturated rings. The van der Waals surface area contributed by atoms with Gasteiger partial charge in [-0.3, -0.25) is 0 Å². The number of carboxylic acids is 1. The summed E-state index contributed by atoms with van der Waals surface area (Å²) in [7, 11) is 0. The predicted octanol–water partition coefficient (Wildman–Crippen LogP) is 1.26. The number of pyridine rings is 1. The van der Waals surface area contributed by atoms with Crippen molar-refractivity contribution >= 4 is 27.7 Å². The molecule has 0 unspecified atom stereocenters. The summed E-state index contributed by atoms with van der Waals surface area (Å²) in [6.07, 6.45) is 0. The van der Waals surface area contributed by atoms with Crippen LogP contribution < -0.4 is 5.73 Å². The standard InChI is InChI=1S/C6H4BrFN2O2/c7-2-1-3(8)4(6(11)12)10-5(2)9/h1H,(H2,9,10)(H,11,12). The number of carbonyl (C=O) groups is 1. The van der Waals surface area contributed by atoms with Gasteiger partial charge in [0, 0.05) is 0 Å². The van der Waals surface area contributed by atoms with Crippen LogP contribution in [0.1, 0.15) is 10.5 Å². The highest BCUT2D eigenvalue weighted by molar-refractivity contribution is 9.10. The SMILES string of the molecule is Nc1nc(C(=O)O)c(F)cc1Br. The number of nitrogens with zero attached hydrogens (tertiary/aromatic N) is 1. The van der Waals surface area contributed by atoms with E-state index in [1.807, 2.05) is 0 Å². The van der Waals surface area contributed by atoms with Crippen LogP contribution in [0.5, 0.6) is 0 Å². The second-order valence-electron chi connectivity index (χ2n) is 1.99. The van der Waals surface area contributed by atoms with Crippen LogP contribution in [-0.4, -0.2) is 16.1 Å². The molecule has 12 heavy (non-hydrogen) atoms. The van der Waals surface area contributed by atoms with Crippen molar-refractivity contribution in [1.29, 1.82) is 0 Å². The molecule has 0 atom stereocenters. The highest BCUT2D eigenvalue weighted by Gasteiger charge is 2.14. The molecule has 0 spiro atoms. The van der Waals surface area contributed by atoms with Crippen LogP contribution in [0.3, 0.4) is 0 Å². The minimum atomic E-state index is -1.44. The monoisotopic (exact) mass is 234 g/mol. The average Bonchev–Trinajstić information content (AvgIpc) is 1.96. The number of carboxylic acid groups (broad SMARTS) is 1. The van der Waals surface area contributed by atoms with Crippen molar-refractivity contribution < 1.29 is 14.3 Å². The molecule has 1 aromatic heterocycles.